The zero-order chi connectivity index (χ0) is 17.6. The van der Waals surface area contributed by atoms with Gasteiger partial charge in [0.25, 0.3) is 11.8 Å². The zero-order valence-electron chi connectivity index (χ0n) is 14.1. The van der Waals surface area contributed by atoms with Gasteiger partial charge in [-0.25, -0.2) is 4.79 Å². The number of esters is 1. The number of ether oxygens (including phenoxy) is 1. The molecule has 0 fully saturated rings. The predicted molar refractivity (Wildman–Crippen MR) is 89.3 cm³/mol. The molecular weight excluding hydrogens is 316 g/mol. The maximum atomic E-state index is 12.1. The van der Waals surface area contributed by atoms with Gasteiger partial charge < -0.3 is 15.4 Å². The van der Waals surface area contributed by atoms with Crippen molar-refractivity contribution in [3.05, 3.63) is 22.4 Å². The van der Waals surface area contributed by atoms with Crippen LogP contribution in [0.1, 0.15) is 44.3 Å². The van der Waals surface area contributed by atoms with Crippen molar-refractivity contribution in [3.63, 3.8) is 0 Å². The van der Waals surface area contributed by atoms with E-state index in [1.165, 1.54) is 11.3 Å². The second kappa shape index (κ2) is 8.10. The summed E-state index contributed by atoms with van der Waals surface area (Å²) in [6.07, 6.45) is 0. The molecule has 2 N–H and O–H groups in total. The van der Waals surface area contributed by atoms with Crippen molar-refractivity contribution in [3.8, 4) is 0 Å². The van der Waals surface area contributed by atoms with E-state index >= 15 is 0 Å². The molecule has 1 rings (SSSR count). The second-order valence-electron chi connectivity index (χ2n) is 6.58. The second-order valence-corrected chi connectivity index (χ2v) is 7.53. The molecule has 0 radical (unpaired) electrons. The lowest BCUT2D eigenvalue weighted by atomic mass is 10.0. The third-order valence-corrected chi connectivity index (χ3v) is 3.68. The quantitative estimate of drug-likeness (QED) is 0.775. The average Bonchev–Trinajstić information content (AvgIpc) is 2.93. The number of amides is 2. The first-order chi connectivity index (χ1) is 10.6. The number of hydrogen-bond donors (Lipinski definition) is 2. The van der Waals surface area contributed by atoms with E-state index in [0.717, 1.165) is 0 Å². The monoisotopic (exact) mass is 340 g/mol. The van der Waals surface area contributed by atoms with Gasteiger partial charge in [0, 0.05) is 5.54 Å². The van der Waals surface area contributed by atoms with Crippen LogP contribution in [0.15, 0.2) is 17.5 Å². The fourth-order valence-electron chi connectivity index (χ4n) is 1.80. The number of nitrogens with one attached hydrogen (secondary N) is 2. The first-order valence-electron chi connectivity index (χ1n) is 7.42. The van der Waals surface area contributed by atoms with Gasteiger partial charge in [-0.3, -0.25) is 9.59 Å². The molecule has 0 aliphatic carbocycles. The van der Waals surface area contributed by atoms with Crippen LogP contribution in [-0.4, -0.2) is 36.0 Å². The smallest absolute Gasteiger partial charge is 0.329 e. The van der Waals surface area contributed by atoms with Crippen LogP contribution in [0.4, 0.5) is 0 Å². The SMILES string of the molecule is CC(C)[C@@H](NC(=O)c1cccs1)C(=O)OCC(=O)NC(C)(C)C. The molecule has 0 unspecified atom stereocenters. The highest BCUT2D eigenvalue weighted by molar-refractivity contribution is 7.12. The van der Waals surface area contributed by atoms with Crippen molar-refractivity contribution < 1.29 is 19.1 Å². The van der Waals surface area contributed by atoms with Crippen LogP contribution < -0.4 is 10.6 Å². The third kappa shape index (κ3) is 6.81. The Morgan fingerprint density at radius 2 is 1.91 bits per heavy atom. The van der Waals surface area contributed by atoms with Crippen LogP contribution in [0.3, 0.4) is 0 Å². The topological polar surface area (TPSA) is 84.5 Å². The fraction of sp³-hybridized carbons (Fsp3) is 0.562. The summed E-state index contributed by atoms with van der Waals surface area (Å²) in [6.45, 7) is 8.75. The molecular formula is C16H24N2O4S. The summed E-state index contributed by atoms with van der Waals surface area (Å²) < 4.78 is 5.03. The summed E-state index contributed by atoms with van der Waals surface area (Å²) in [7, 11) is 0. The molecule has 0 aliphatic heterocycles. The van der Waals surface area contributed by atoms with Crippen molar-refractivity contribution in [2.45, 2.75) is 46.2 Å². The predicted octanol–water partition coefficient (Wildman–Crippen LogP) is 1.96. The maximum absolute atomic E-state index is 12.1. The van der Waals surface area contributed by atoms with E-state index in [9.17, 15) is 14.4 Å². The molecule has 0 bridgehead atoms. The van der Waals surface area contributed by atoms with Gasteiger partial charge in [-0.1, -0.05) is 19.9 Å². The van der Waals surface area contributed by atoms with E-state index in [0.29, 0.717) is 4.88 Å². The largest absolute Gasteiger partial charge is 0.454 e. The Bertz CT molecular complexity index is 547. The van der Waals surface area contributed by atoms with Gasteiger partial charge in [0.2, 0.25) is 0 Å². The first-order valence-corrected chi connectivity index (χ1v) is 8.30. The highest BCUT2D eigenvalue weighted by Gasteiger charge is 2.27. The lowest BCUT2D eigenvalue weighted by molar-refractivity contribution is -0.151. The molecule has 0 saturated carbocycles. The average molecular weight is 340 g/mol. The summed E-state index contributed by atoms with van der Waals surface area (Å²) in [6, 6.07) is 2.64. The number of thiophene rings is 1. The maximum Gasteiger partial charge on any atom is 0.329 e. The molecule has 7 heteroatoms. The molecule has 1 aromatic heterocycles. The van der Waals surface area contributed by atoms with Crippen LogP contribution in [0.25, 0.3) is 0 Å². The minimum absolute atomic E-state index is 0.155. The van der Waals surface area contributed by atoms with Gasteiger partial charge in [0.15, 0.2) is 6.61 Å². The Balaban J connectivity index is 2.58. The van der Waals surface area contributed by atoms with E-state index in [1.807, 2.05) is 20.8 Å². The fourth-order valence-corrected chi connectivity index (χ4v) is 2.43. The van der Waals surface area contributed by atoms with Crippen LogP contribution in [0.5, 0.6) is 0 Å². The van der Waals surface area contributed by atoms with Gasteiger partial charge in [0.05, 0.1) is 4.88 Å². The molecule has 1 heterocycles. The molecule has 23 heavy (non-hydrogen) atoms. The van der Waals surface area contributed by atoms with Gasteiger partial charge in [-0.05, 0) is 38.1 Å². The lowest BCUT2D eigenvalue weighted by Gasteiger charge is -2.22. The molecule has 0 aromatic carbocycles. The molecule has 1 atom stereocenters. The standard InChI is InChI=1S/C16H24N2O4S/c1-10(2)13(17-14(20)11-7-6-8-23-11)15(21)22-9-12(19)18-16(3,4)5/h6-8,10,13H,9H2,1-5H3,(H,17,20)(H,18,19)/t13-/m1/s1. The minimum atomic E-state index is -0.799. The number of carbonyl (C=O) groups is 3. The number of carbonyl (C=O) groups excluding carboxylic acids is 3. The van der Waals surface area contributed by atoms with E-state index in [2.05, 4.69) is 10.6 Å². The molecule has 128 valence electrons. The van der Waals surface area contributed by atoms with E-state index in [1.54, 1.807) is 31.4 Å². The zero-order valence-corrected chi connectivity index (χ0v) is 15.0. The van der Waals surface area contributed by atoms with Crippen molar-refractivity contribution >= 4 is 29.1 Å². The molecule has 0 saturated heterocycles. The van der Waals surface area contributed by atoms with E-state index in [4.69, 9.17) is 4.74 Å². The van der Waals surface area contributed by atoms with Gasteiger partial charge >= 0.3 is 5.97 Å². The summed E-state index contributed by atoms with van der Waals surface area (Å²) >= 11 is 1.29. The summed E-state index contributed by atoms with van der Waals surface area (Å²) in [5.41, 5.74) is -0.395. The number of rotatable bonds is 6. The normalized spacial score (nSPS) is 12.6. The summed E-state index contributed by atoms with van der Waals surface area (Å²) in [5, 5.41) is 7.15. The summed E-state index contributed by atoms with van der Waals surface area (Å²) in [5.74, 6) is -1.47. The Kier molecular flexibility index (Phi) is 6.75. The van der Waals surface area contributed by atoms with Gasteiger partial charge in [-0.2, -0.15) is 0 Å². The summed E-state index contributed by atoms with van der Waals surface area (Å²) in [4.78, 5) is 36.4. The van der Waals surface area contributed by atoms with E-state index in [-0.39, 0.29) is 24.3 Å². The van der Waals surface area contributed by atoms with E-state index < -0.39 is 17.6 Å². The first kappa shape index (κ1) is 19.2. The molecule has 0 spiro atoms. The van der Waals surface area contributed by atoms with Crippen LogP contribution in [-0.2, 0) is 14.3 Å². The van der Waals surface area contributed by atoms with Crippen LogP contribution in [0, 0.1) is 5.92 Å². The molecule has 6 nitrogen and oxygen atoms in total. The molecule has 1 aromatic rings. The Morgan fingerprint density at radius 3 is 2.39 bits per heavy atom. The Morgan fingerprint density at radius 1 is 1.26 bits per heavy atom. The van der Waals surface area contributed by atoms with Crippen molar-refractivity contribution in [2.75, 3.05) is 6.61 Å². The third-order valence-electron chi connectivity index (χ3n) is 2.81. The molecule has 0 aliphatic rings. The van der Waals surface area contributed by atoms with Crippen molar-refractivity contribution in [1.29, 1.82) is 0 Å². The van der Waals surface area contributed by atoms with Gasteiger partial charge in [-0.15, -0.1) is 11.3 Å². The highest BCUT2D eigenvalue weighted by Crippen LogP contribution is 2.11. The Hall–Kier alpha value is -1.89. The minimum Gasteiger partial charge on any atom is -0.454 e. The molecule has 2 amide bonds. The Labute approximate surface area is 140 Å². The van der Waals surface area contributed by atoms with Gasteiger partial charge in [0.1, 0.15) is 6.04 Å². The number of hydrogen-bond acceptors (Lipinski definition) is 5. The van der Waals surface area contributed by atoms with Crippen molar-refractivity contribution in [2.24, 2.45) is 5.92 Å². The van der Waals surface area contributed by atoms with Crippen LogP contribution >= 0.6 is 11.3 Å². The van der Waals surface area contributed by atoms with Crippen molar-refractivity contribution in [1.82, 2.24) is 10.6 Å². The lowest BCUT2D eigenvalue weighted by Crippen LogP contribution is -2.47. The highest BCUT2D eigenvalue weighted by atomic mass is 32.1. The van der Waals surface area contributed by atoms with Crippen LogP contribution in [0.2, 0.25) is 0 Å².